The molecule has 2 N–H and O–H groups in total. The minimum atomic E-state index is -0.248. The lowest BCUT2D eigenvalue weighted by Gasteiger charge is -2.22. The van der Waals surface area contributed by atoms with Crippen molar-refractivity contribution in [2.45, 2.75) is 25.8 Å². The number of carbonyl (C=O) groups is 1. The summed E-state index contributed by atoms with van der Waals surface area (Å²) in [6, 6.07) is 17.3. The van der Waals surface area contributed by atoms with Crippen molar-refractivity contribution >= 4 is 24.0 Å². The van der Waals surface area contributed by atoms with Gasteiger partial charge in [-0.15, -0.1) is 12.4 Å². The van der Waals surface area contributed by atoms with E-state index in [-0.39, 0.29) is 18.3 Å². The molecule has 1 amide bonds. The Kier molecular flexibility index (Phi) is 6.90. The Bertz CT molecular complexity index is 949. The predicted octanol–water partition coefficient (Wildman–Crippen LogP) is 4.58. The highest BCUT2D eigenvalue weighted by Gasteiger charge is 2.18. The fourth-order valence-electron chi connectivity index (χ4n) is 3.30. The van der Waals surface area contributed by atoms with Gasteiger partial charge in [-0.2, -0.15) is 5.10 Å². The van der Waals surface area contributed by atoms with Crippen LogP contribution in [0, 0.1) is 6.92 Å². The molecule has 0 radical (unpaired) electrons. The van der Waals surface area contributed by atoms with Crippen molar-refractivity contribution in [3.05, 3.63) is 72.1 Å². The normalized spacial score (nSPS) is 16.0. The molecule has 4 rings (SSSR count). The molecular formula is C22H25ClN4O2. The summed E-state index contributed by atoms with van der Waals surface area (Å²) in [5.41, 5.74) is 2.18. The number of nitrogens with one attached hydrogen (secondary N) is 2. The summed E-state index contributed by atoms with van der Waals surface area (Å²) in [6.07, 6.45) is 4.07. The van der Waals surface area contributed by atoms with Crippen LogP contribution in [-0.2, 0) is 0 Å². The third kappa shape index (κ3) is 5.16. The fraction of sp³-hybridized carbons (Fsp3) is 0.273. The molecule has 1 atom stereocenters. The number of benzene rings is 2. The van der Waals surface area contributed by atoms with Crippen molar-refractivity contribution in [1.82, 2.24) is 15.1 Å². The highest BCUT2D eigenvalue weighted by molar-refractivity contribution is 6.03. The molecule has 1 unspecified atom stereocenters. The monoisotopic (exact) mass is 412 g/mol. The minimum absolute atomic E-state index is 0. The van der Waals surface area contributed by atoms with E-state index in [4.69, 9.17) is 4.74 Å². The van der Waals surface area contributed by atoms with Crippen molar-refractivity contribution in [2.24, 2.45) is 0 Å². The zero-order chi connectivity index (χ0) is 19.3. The molecule has 1 aliphatic heterocycles. The maximum atomic E-state index is 12.7. The SMILES string of the molecule is Cc1ccc(Oc2ccccc2NC(=O)c2ccn(C3CCCNC3)n2)cc1.Cl. The number of anilines is 1. The van der Waals surface area contributed by atoms with Crippen molar-refractivity contribution in [3.63, 3.8) is 0 Å². The lowest BCUT2D eigenvalue weighted by molar-refractivity contribution is 0.102. The summed E-state index contributed by atoms with van der Waals surface area (Å²) in [6.45, 7) is 3.96. The van der Waals surface area contributed by atoms with E-state index in [9.17, 15) is 4.79 Å². The second-order valence-corrected chi connectivity index (χ2v) is 7.05. The summed E-state index contributed by atoms with van der Waals surface area (Å²) in [4.78, 5) is 12.7. The predicted molar refractivity (Wildman–Crippen MR) is 116 cm³/mol. The van der Waals surface area contributed by atoms with Gasteiger partial charge in [-0.05, 0) is 56.6 Å². The first kappa shape index (κ1) is 20.9. The largest absolute Gasteiger partial charge is 0.455 e. The molecule has 0 bridgehead atoms. The van der Waals surface area contributed by atoms with Crippen LogP contribution in [0.3, 0.4) is 0 Å². The molecule has 1 saturated heterocycles. The van der Waals surface area contributed by atoms with Crippen LogP contribution in [0.2, 0.25) is 0 Å². The summed E-state index contributed by atoms with van der Waals surface area (Å²) >= 11 is 0. The van der Waals surface area contributed by atoms with E-state index in [1.165, 1.54) is 0 Å². The van der Waals surface area contributed by atoms with Crippen LogP contribution in [0.4, 0.5) is 5.69 Å². The average Bonchev–Trinajstić information content (AvgIpc) is 3.22. The summed E-state index contributed by atoms with van der Waals surface area (Å²) in [5, 5.41) is 10.8. The number of nitrogens with zero attached hydrogens (tertiary/aromatic N) is 2. The Labute approximate surface area is 176 Å². The van der Waals surface area contributed by atoms with Crippen LogP contribution in [0.1, 0.15) is 34.9 Å². The third-order valence-corrected chi connectivity index (χ3v) is 4.87. The molecule has 7 heteroatoms. The van der Waals surface area contributed by atoms with Gasteiger partial charge in [0.05, 0.1) is 11.7 Å². The van der Waals surface area contributed by atoms with E-state index < -0.39 is 0 Å². The van der Waals surface area contributed by atoms with Crippen LogP contribution in [0.15, 0.2) is 60.8 Å². The number of carbonyl (C=O) groups excluding carboxylic acids is 1. The van der Waals surface area contributed by atoms with Gasteiger partial charge in [-0.1, -0.05) is 29.8 Å². The summed E-state index contributed by atoms with van der Waals surface area (Å²) in [5.74, 6) is 1.07. The van der Waals surface area contributed by atoms with Gasteiger partial charge in [-0.25, -0.2) is 0 Å². The smallest absolute Gasteiger partial charge is 0.276 e. The first-order valence-corrected chi connectivity index (χ1v) is 9.60. The van der Waals surface area contributed by atoms with Crippen molar-refractivity contribution in [1.29, 1.82) is 0 Å². The second kappa shape index (κ2) is 9.58. The average molecular weight is 413 g/mol. The molecule has 1 fully saturated rings. The van der Waals surface area contributed by atoms with Crippen LogP contribution in [0.5, 0.6) is 11.5 Å². The zero-order valence-electron chi connectivity index (χ0n) is 16.3. The molecule has 1 aliphatic rings. The number of amides is 1. The molecule has 0 aliphatic carbocycles. The Morgan fingerprint density at radius 3 is 2.72 bits per heavy atom. The van der Waals surface area contributed by atoms with E-state index in [2.05, 4.69) is 15.7 Å². The molecule has 6 nitrogen and oxygen atoms in total. The Balaban J connectivity index is 0.00000240. The molecular weight excluding hydrogens is 388 g/mol. The van der Waals surface area contributed by atoms with Gasteiger partial charge in [0.15, 0.2) is 11.4 Å². The second-order valence-electron chi connectivity index (χ2n) is 7.05. The van der Waals surface area contributed by atoms with Gasteiger partial charge in [0.25, 0.3) is 5.91 Å². The molecule has 2 aromatic carbocycles. The molecule has 3 aromatic rings. The van der Waals surface area contributed by atoms with E-state index in [0.29, 0.717) is 23.2 Å². The summed E-state index contributed by atoms with van der Waals surface area (Å²) < 4.78 is 7.84. The maximum Gasteiger partial charge on any atom is 0.276 e. The number of ether oxygens (including phenoxy) is 1. The lowest BCUT2D eigenvalue weighted by Crippen LogP contribution is -2.32. The van der Waals surface area contributed by atoms with Gasteiger partial charge < -0.3 is 15.4 Å². The van der Waals surface area contributed by atoms with E-state index in [0.717, 1.165) is 37.2 Å². The van der Waals surface area contributed by atoms with Crippen LogP contribution >= 0.6 is 12.4 Å². The molecule has 1 aromatic heterocycles. The summed E-state index contributed by atoms with van der Waals surface area (Å²) in [7, 11) is 0. The van der Waals surface area contributed by atoms with Crippen LogP contribution in [0.25, 0.3) is 0 Å². The van der Waals surface area contributed by atoms with Crippen molar-refractivity contribution in [2.75, 3.05) is 18.4 Å². The fourth-order valence-corrected chi connectivity index (χ4v) is 3.30. The minimum Gasteiger partial charge on any atom is -0.455 e. The molecule has 2 heterocycles. The number of piperidine rings is 1. The van der Waals surface area contributed by atoms with E-state index >= 15 is 0 Å². The van der Waals surface area contributed by atoms with E-state index in [1.807, 2.05) is 66.3 Å². The maximum absolute atomic E-state index is 12.7. The van der Waals surface area contributed by atoms with Gasteiger partial charge in [0.2, 0.25) is 0 Å². The Morgan fingerprint density at radius 1 is 1.17 bits per heavy atom. The first-order chi connectivity index (χ1) is 13.7. The topological polar surface area (TPSA) is 68.2 Å². The highest BCUT2D eigenvalue weighted by Crippen LogP contribution is 2.29. The number of halogens is 1. The molecule has 0 spiro atoms. The number of aryl methyl sites for hydroxylation is 1. The molecule has 152 valence electrons. The third-order valence-electron chi connectivity index (χ3n) is 4.87. The zero-order valence-corrected chi connectivity index (χ0v) is 17.1. The Morgan fingerprint density at radius 2 is 1.97 bits per heavy atom. The molecule has 29 heavy (non-hydrogen) atoms. The van der Waals surface area contributed by atoms with Crippen molar-refractivity contribution in [3.8, 4) is 11.5 Å². The van der Waals surface area contributed by atoms with Gasteiger partial charge in [0, 0.05) is 12.7 Å². The lowest BCUT2D eigenvalue weighted by atomic mass is 10.1. The van der Waals surface area contributed by atoms with Crippen molar-refractivity contribution < 1.29 is 9.53 Å². The van der Waals surface area contributed by atoms with Gasteiger partial charge >= 0.3 is 0 Å². The number of hydrogen-bond donors (Lipinski definition) is 2. The van der Waals surface area contributed by atoms with Gasteiger partial charge in [-0.3, -0.25) is 9.48 Å². The number of para-hydroxylation sites is 2. The van der Waals surface area contributed by atoms with E-state index in [1.54, 1.807) is 6.07 Å². The quantitative estimate of drug-likeness (QED) is 0.643. The Hall–Kier alpha value is -2.83. The standard InChI is InChI=1S/C22H24N4O2.ClH/c1-16-8-10-18(11-9-16)28-21-7-3-2-6-19(21)24-22(27)20-12-14-26(25-20)17-5-4-13-23-15-17;/h2-3,6-12,14,17,23H,4-5,13,15H2,1H3,(H,24,27);1H. The van der Waals surface area contributed by atoms with Crippen LogP contribution < -0.4 is 15.4 Å². The van der Waals surface area contributed by atoms with Gasteiger partial charge in [0.1, 0.15) is 5.75 Å². The van der Waals surface area contributed by atoms with Crippen LogP contribution in [-0.4, -0.2) is 28.8 Å². The first-order valence-electron chi connectivity index (χ1n) is 9.60. The highest BCUT2D eigenvalue weighted by atomic mass is 35.5. The number of aromatic nitrogens is 2. The molecule has 0 saturated carbocycles. The number of hydrogen-bond acceptors (Lipinski definition) is 4. The number of rotatable bonds is 5.